The molecule has 1 heterocycles. The summed E-state index contributed by atoms with van der Waals surface area (Å²) in [6.07, 6.45) is -0.560. The zero-order chi connectivity index (χ0) is 10.7. The number of carbonyl (C=O) groups is 1. The summed E-state index contributed by atoms with van der Waals surface area (Å²) < 4.78 is 4.75. The molecule has 0 unspecified atom stereocenters. The molecule has 1 N–H and O–H groups in total. The normalized spacial score (nSPS) is 14.6. The van der Waals surface area contributed by atoms with Gasteiger partial charge >= 0.3 is 6.09 Å². The molecule has 2 rings (SSSR count). The largest absolute Gasteiger partial charge is 0.442 e. The average molecular weight is 201 g/mol. The zero-order valence-corrected chi connectivity index (χ0v) is 7.73. The van der Waals surface area contributed by atoms with Crippen LogP contribution in [0.15, 0.2) is 29.4 Å². The number of hydrogen-bond acceptors (Lipinski definition) is 4. The van der Waals surface area contributed by atoms with E-state index in [4.69, 9.17) is 10.00 Å². The summed E-state index contributed by atoms with van der Waals surface area (Å²) in [7, 11) is 0. The maximum Gasteiger partial charge on any atom is 0.428 e. The first-order valence-electron chi connectivity index (χ1n) is 4.29. The molecule has 5 heteroatoms. The van der Waals surface area contributed by atoms with E-state index in [1.807, 2.05) is 6.07 Å². The smallest absolute Gasteiger partial charge is 0.428 e. The Kier molecular flexibility index (Phi) is 2.33. The van der Waals surface area contributed by atoms with Crippen molar-refractivity contribution in [3.63, 3.8) is 0 Å². The lowest BCUT2D eigenvalue weighted by Gasteiger charge is -2.12. The van der Waals surface area contributed by atoms with Crippen LogP contribution in [0.25, 0.3) is 0 Å². The van der Waals surface area contributed by atoms with Gasteiger partial charge < -0.3 is 4.74 Å². The third kappa shape index (κ3) is 1.94. The molecule has 1 aromatic carbocycles. The molecule has 5 nitrogen and oxygen atoms in total. The van der Waals surface area contributed by atoms with Crippen molar-refractivity contribution in [3.8, 4) is 6.07 Å². The van der Waals surface area contributed by atoms with E-state index in [9.17, 15) is 4.79 Å². The Morgan fingerprint density at radius 2 is 2.40 bits per heavy atom. The van der Waals surface area contributed by atoms with E-state index in [1.165, 1.54) is 0 Å². The maximum absolute atomic E-state index is 10.7. The van der Waals surface area contributed by atoms with Crippen LogP contribution in [0, 0.1) is 11.3 Å². The molecule has 0 atom stereocenters. The van der Waals surface area contributed by atoms with Crippen LogP contribution in [0.2, 0.25) is 0 Å². The molecule has 0 aliphatic carbocycles. The maximum atomic E-state index is 10.7. The molecular weight excluding hydrogens is 194 g/mol. The van der Waals surface area contributed by atoms with Crippen molar-refractivity contribution in [1.29, 1.82) is 5.26 Å². The molecule has 1 amide bonds. The standard InChI is InChI=1S/C10H7N3O2/c11-5-7-2-1-3-8(4-7)9-6-15-10(14)13-12-9/h1-4H,6H2,(H,13,14). The van der Waals surface area contributed by atoms with Crippen LogP contribution >= 0.6 is 0 Å². The quantitative estimate of drug-likeness (QED) is 0.736. The fourth-order valence-electron chi connectivity index (χ4n) is 1.23. The van der Waals surface area contributed by atoms with Gasteiger partial charge in [-0.25, -0.2) is 10.2 Å². The number of ether oxygens (including phenoxy) is 1. The summed E-state index contributed by atoms with van der Waals surface area (Å²) in [5, 5.41) is 12.6. The van der Waals surface area contributed by atoms with Crippen LogP contribution in [0.4, 0.5) is 4.79 Å². The fraction of sp³-hybridized carbons (Fsp3) is 0.100. The van der Waals surface area contributed by atoms with Gasteiger partial charge in [0.15, 0.2) is 0 Å². The highest BCUT2D eigenvalue weighted by atomic mass is 16.6. The Labute approximate surface area is 86.0 Å². The Morgan fingerprint density at radius 3 is 3.07 bits per heavy atom. The van der Waals surface area contributed by atoms with E-state index in [-0.39, 0.29) is 6.61 Å². The Balaban J connectivity index is 2.30. The first-order chi connectivity index (χ1) is 7.29. The number of hydrogen-bond donors (Lipinski definition) is 1. The van der Waals surface area contributed by atoms with Gasteiger partial charge in [-0.2, -0.15) is 10.4 Å². The summed E-state index contributed by atoms with van der Waals surface area (Å²) in [5.74, 6) is 0. The number of cyclic esters (lactones) is 1. The summed E-state index contributed by atoms with van der Waals surface area (Å²) >= 11 is 0. The second-order valence-electron chi connectivity index (χ2n) is 2.94. The van der Waals surface area contributed by atoms with Crippen molar-refractivity contribution < 1.29 is 9.53 Å². The minimum atomic E-state index is -0.560. The number of hydrazone groups is 1. The van der Waals surface area contributed by atoms with E-state index < -0.39 is 6.09 Å². The Hall–Kier alpha value is -2.35. The van der Waals surface area contributed by atoms with Crippen LogP contribution in [0.3, 0.4) is 0 Å². The molecule has 15 heavy (non-hydrogen) atoms. The van der Waals surface area contributed by atoms with E-state index in [0.717, 1.165) is 5.56 Å². The predicted octanol–water partition coefficient (Wildman–Crippen LogP) is 1.00. The number of amides is 1. The van der Waals surface area contributed by atoms with Gasteiger partial charge in [-0.15, -0.1) is 0 Å². The van der Waals surface area contributed by atoms with Gasteiger partial charge in [0.25, 0.3) is 0 Å². The molecule has 1 aliphatic heterocycles. The molecule has 0 saturated carbocycles. The predicted molar refractivity (Wildman–Crippen MR) is 52.2 cm³/mol. The lowest BCUT2D eigenvalue weighted by Crippen LogP contribution is -2.30. The third-order valence-corrected chi connectivity index (χ3v) is 1.95. The number of nitrogens with one attached hydrogen (secondary N) is 1. The van der Waals surface area contributed by atoms with Crippen LogP contribution in [0.5, 0.6) is 0 Å². The van der Waals surface area contributed by atoms with Crippen molar-refractivity contribution in [2.24, 2.45) is 5.10 Å². The van der Waals surface area contributed by atoms with E-state index in [1.54, 1.807) is 24.3 Å². The molecule has 0 fully saturated rings. The molecule has 0 aromatic heterocycles. The number of benzene rings is 1. The number of nitrogens with zero attached hydrogens (tertiary/aromatic N) is 2. The fourth-order valence-corrected chi connectivity index (χ4v) is 1.23. The van der Waals surface area contributed by atoms with Crippen molar-refractivity contribution in [2.45, 2.75) is 0 Å². The summed E-state index contributed by atoms with van der Waals surface area (Å²) in [4.78, 5) is 10.7. The highest BCUT2D eigenvalue weighted by molar-refractivity contribution is 6.03. The van der Waals surface area contributed by atoms with E-state index in [0.29, 0.717) is 11.3 Å². The van der Waals surface area contributed by atoms with Gasteiger partial charge in [0.05, 0.1) is 11.6 Å². The van der Waals surface area contributed by atoms with Crippen molar-refractivity contribution in [1.82, 2.24) is 5.43 Å². The summed E-state index contributed by atoms with van der Waals surface area (Å²) in [6, 6.07) is 8.99. The minimum absolute atomic E-state index is 0.126. The molecular formula is C10H7N3O2. The average Bonchev–Trinajstić information content (AvgIpc) is 2.30. The lowest BCUT2D eigenvalue weighted by atomic mass is 10.1. The third-order valence-electron chi connectivity index (χ3n) is 1.95. The molecule has 0 bridgehead atoms. The molecule has 74 valence electrons. The van der Waals surface area contributed by atoms with Gasteiger partial charge in [-0.05, 0) is 12.1 Å². The summed E-state index contributed by atoms with van der Waals surface area (Å²) in [5.41, 5.74) is 4.14. The second kappa shape index (κ2) is 3.80. The molecule has 1 aliphatic rings. The van der Waals surface area contributed by atoms with Crippen LogP contribution < -0.4 is 5.43 Å². The van der Waals surface area contributed by atoms with Crippen LogP contribution in [0.1, 0.15) is 11.1 Å². The van der Waals surface area contributed by atoms with Crippen molar-refractivity contribution in [2.75, 3.05) is 6.61 Å². The topological polar surface area (TPSA) is 74.5 Å². The molecule has 0 spiro atoms. The van der Waals surface area contributed by atoms with Crippen LogP contribution in [-0.4, -0.2) is 18.4 Å². The zero-order valence-electron chi connectivity index (χ0n) is 7.73. The molecule has 1 aromatic rings. The van der Waals surface area contributed by atoms with Gasteiger partial charge in [-0.1, -0.05) is 12.1 Å². The molecule has 0 saturated heterocycles. The highest BCUT2D eigenvalue weighted by Crippen LogP contribution is 2.07. The Bertz CT molecular complexity index is 474. The van der Waals surface area contributed by atoms with Gasteiger partial charge in [0.1, 0.15) is 12.3 Å². The summed E-state index contributed by atoms with van der Waals surface area (Å²) in [6.45, 7) is 0.126. The number of nitriles is 1. The SMILES string of the molecule is N#Cc1cccc(C2=NNC(=O)OC2)c1. The van der Waals surface area contributed by atoms with Crippen molar-refractivity contribution >= 4 is 11.8 Å². The minimum Gasteiger partial charge on any atom is -0.442 e. The van der Waals surface area contributed by atoms with E-state index >= 15 is 0 Å². The monoisotopic (exact) mass is 201 g/mol. The van der Waals surface area contributed by atoms with Crippen LogP contribution in [-0.2, 0) is 4.74 Å². The van der Waals surface area contributed by atoms with Gasteiger partial charge in [-0.3, -0.25) is 0 Å². The number of rotatable bonds is 1. The first-order valence-corrected chi connectivity index (χ1v) is 4.29. The van der Waals surface area contributed by atoms with Gasteiger partial charge in [0, 0.05) is 5.56 Å². The van der Waals surface area contributed by atoms with Gasteiger partial charge in [0.2, 0.25) is 0 Å². The lowest BCUT2D eigenvalue weighted by molar-refractivity contribution is 0.157. The van der Waals surface area contributed by atoms with E-state index in [2.05, 4.69) is 10.5 Å². The second-order valence-corrected chi connectivity index (χ2v) is 2.94. The highest BCUT2D eigenvalue weighted by Gasteiger charge is 2.13. The van der Waals surface area contributed by atoms with Crippen molar-refractivity contribution in [3.05, 3.63) is 35.4 Å². The Morgan fingerprint density at radius 1 is 1.53 bits per heavy atom. The molecule has 0 radical (unpaired) electrons. The number of carbonyl (C=O) groups excluding carboxylic acids is 1. The first kappa shape index (κ1) is 9.21.